The zero-order valence-electron chi connectivity index (χ0n) is 8.42. The largest absolute Gasteiger partial charge is 0.298 e. The Morgan fingerprint density at radius 2 is 2.20 bits per heavy atom. The van der Waals surface area contributed by atoms with E-state index in [1.54, 1.807) is 18.7 Å². The third-order valence-electron chi connectivity index (χ3n) is 1.69. The van der Waals surface area contributed by atoms with Gasteiger partial charge in [0.25, 0.3) is 0 Å². The van der Waals surface area contributed by atoms with Gasteiger partial charge in [-0.25, -0.2) is 0 Å². The number of hydrogen-bond acceptors (Lipinski definition) is 2. The van der Waals surface area contributed by atoms with E-state index in [2.05, 4.69) is 27.8 Å². The van der Waals surface area contributed by atoms with E-state index in [1.807, 2.05) is 24.3 Å². The van der Waals surface area contributed by atoms with Crippen LogP contribution in [-0.2, 0) is 4.79 Å². The lowest BCUT2D eigenvalue weighted by Gasteiger charge is -2.01. The molecule has 0 heterocycles. The van der Waals surface area contributed by atoms with Crippen molar-refractivity contribution < 1.29 is 4.79 Å². The molecular weight excluding hydrogens is 272 g/mol. The van der Waals surface area contributed by atoms with Gasteiger partial charge in [-0.05, 0) is 35.0 Å². The minimum atomic E-state index is 0.171. The van der Waals surface area contributed by atoms with Crippen LogP contribution in [0.4, 0.5) is 0 Å². The molecule has 0 radical (unpaired) electrons. The summed E-state index contributed by atoms with van der Waals surface area (Å²) >= 11 is 4.98. The summed E-state index contributed by atoms with van der Waals surface area (Å²) in [6.07, 6.45) is 0.355. The van der Waals surface area contributed by atoms with Crippen LogP contribution in [0.15, 0.2) is 33.6 Å². The van der Waals surface area contributed by atoms with Crippen LogP contribution in [0.5, 0.6) is 0 Å². The van der Waals surface area contributed by atoms with Gasteiger partial charge in [-0.2, -0.15) is 0 Å². The molecule has 0 saturated carbocycles. The SMILES string of the molecule is CC#CCC(=O)CSc1ccccc1Br. The average molecular weight is 283 g/mol. The second kappa shape index (κ2) is 6.71. The van der Waals surface area contributed by atoms with Crippen LogP contribution in [0.2, 0.25) is 0 Å². The Labute approximate surface area is 103 Å². The molecule has 1 rings (SSSR count). The van der Waals surface area contributed by atoms with E-state index in [1.165, 1.54) is 0 Å². The fraction of sp³-hybridized carbons (Fsp3) is 0.250. The molecule has 0 aliphatic carbocycles. The molecule has 78 valence electrons. The van der Waals surface area contributed by atoms with Gasteiger partial charge >= 0.3 is 0 Å². The molecule has 1 nitrogen and oxygen atoms in total. The Kier molecular flexibility index (Phi) is 5.52. The molecule has 0 amide bonds. The fourth-order valence-electron chi connectivity index (χ4n) is 0.958. The van der Waals surface area contributed by atoms with Crippen LogP contribution >= 0.6 is 27.7 Å². The fourth-order valence-corrected chi connectivity index (χ4v) is 2.39. The summed E-state index contributed by atoms with van der Waals surface area (Å²) in [4.78, 5) is 12.4. The number of halogens is 1. The quantitative estimate of drug-likeness (QED) is 0.621. The summed E-state index contributed by atoms with van der Waals surface area (Å²) in [5.74, 6) is 6.15. The monoisotopic (exact) mass is 282 g/mol. The van der Waals surface area contributed by atoms with Crippen LogP contribution < -0.4 is 0 Å². The second-order valence-corrected chi connectivity index (χ2v) is 4.73. The van der Waals surface area contributed by atoms with E-state index >= 15 is 0 Å². The van der Waals surface area contributed by atoms with Gasteiger partial charge in [0.15, 0.2) is 5.78 Å². The molecule has 0 aliphatic rings. The van der Waals surface area contributed by atoms with E-state index < -0.39 is 0 Å². The van der Waals surface area contributed by atoms with Crippen molar-refractivity contribution in [3.8, 4) is 11.8 Å². The van der Waals surface area contributed by atoms with Gasteiger partial charge in [0, 0.05) is 9.37 Å². The molecular formula is C12H11BrOS. The number of Topliss-reactive ketones (excluding diaryl/α,β-unsaturated/α-hetero) is 1. The topological polar surface area (TPSA) is 17.1 Å². The predicted molar refractivity (Wildman–Crippen MR) is 67.9 cm³/mol. The summed E-state index contributed by atoms with van der Waals surface area (Å²) in [5.41, 5.74) is 0. The Balaban J connectivity index is 2.46. The molecule has 15 heavy (non-hydrogen) atoms. The molecule has 0 aromatic heterocycles. The van der Waals surface area contributed by atoms with Crippen molar-refractivity contribution in [3.63, 3.8) is 0 Å². The van der Waals surface area contributed by atoms with Crippen LogP contribution in [-0.4, -0.2) is 11.5 Å². The van der Waals surface area contributed by atoms with E-state index in [-0.39, 0.29) is 5.78 Å². The Morgan fingerprint density at radius 1 is 1.47 bits per heavy atom. The predicted octanol–water partition coefficient (Wildman–Crippen LogP) is 3.52. The lowest BCUT2D eigenvalue weighted by molar-refractivity contribution is -0.115. The number of hydrogen-bond donors (Lipinski definition) is 0. The molecule has 0 spiro atoms. The summed E-state index contributed by atoms with van der Waals surface area (Å²) in [7, 11) is 0. The molecule has 0 N–H and O–H groups in total. The number of carbonyl (C=O) groups excluding carboxylic acids is 1. The van der Waals surface area contributed by atoms with Crippen molar-refractivity contribution in [1.82, 2.24) is 0 Å². The highest BCUT2D eigenvalue weighted by atomic mass is 79.9. The van der Waals surface area contributed by atoms with Crippen LogP contribution in [0.1, 0.15) is 13.3 Å². The lowest BCUT2D eigenvalue weighted by atomic mass is 10.3. The minimum Gasteiger partial charge on any atom is -0.298 e. The Morgan fingerprint density at radius 3 is 2.87 bits per heavy atom. The van der Waals surface area contributed by atoms with Gasteiger partial charge in [-0.15, -0.1) is 17.7 Å². The van der Waals surface area contributed by atoms with E-state index in [0.29, 0.717) is 12.2 Å². The van der Waals surface area contributed by atoms with E-state index in [9.17, 15) is 4.79 Å². The van der Waals surface area contributed by atoms with E-state index in [4.69, 9.17) is 0 Å². The second-order valence-electron chi connectivity index (χ2n) is 2.86. The third-order valence-corrected chi connectivity index (χ3v) is 3.77. The third kappa shape index (κ3) is 4.55. The normalized spacial score (nSPS) is 9.20. The van der Waals surface area contributed by atoms with Gasteiger partial charge in [-0.1, -0.05) is 18.1 Å². The summed E-state index contributed by atoms with van der Waals surface area (Å²) in [5, 5.41) is 0. The number of thioether (sulfide) groups is 1. The molecule has 0 unspecified atom stereocenters. The molecule has 1 aromatic carbocycles. The zero-order chi connectivity index (χ0) is 11.1. The van der Waals surface area contributed by atoms with Crippen LogP contribution in [0, 0.1) is 11.8 Å². The first kappa shape index (κ1) is 12.4. The smallest absolute Gasteiger partial charge is 0.154 e. The first-order chi connectivity index (χ1) is 7.24. The minimum absolute atomic E-state index is 0.171. The molecule has 1 aromatic rings. The molecule has 0 fully saturated rings. The number of carbonyl (C=O) groups is 1. The van der Waals surface area contributed by atoms with Crippen molar-refractivity contribution in [1.29, 1.82) is 0 Å². The maximum Gasteiger partial charge on any atom is 0.154 e. The molecule has 0 aliphatic heterocycles. The molecule has 3 heteroatoms. The molecule has 0 saturated heterocycles. The van der Waals surface area contributed by atoms with Crippen molar-refractivity contribution in [2.24, 2.45) is 0 Å². The first-order valence-electron chi connectivity index (χ1n) is 4.52. The van der Waals surface area contributed by atoms with Crippen molar-refractivity contribution >= 4 is 33.5 Å². The maximum atomic E-state index is 11.3. The van der Waals surface area contributed by atoms with Gasteiger partial charge in [0.2, 0.25) is 0 Å². The van der Waals surface area contributed by atoms with E-state index in [0.717, 1.165) is 9.37 Å². The van der Waals surface area contributed by atoms with Gasteiger partial charge < -0.3 is 0 Å². The van der Waals surface area contributed by atoms with Gasteiger partial charge in [-0.3, -0.25) is 4.79 Å². The summed E-state index contributed by atoms with van der Waals surface area (Å²) in [6.45, 7) is 1.74. The lowest BCUT2D eigenvalue weighted by Crippen LogP contribution is -1.99. The molecule has 0 atom stereocenters. The highest BCUT2D eigenvalue weighted by Crippen LogP contribution is 2.26. The van der Waals surface area contributed by atoms with Gasteiger partial charge in [0.05, 0.1) is 12.2 Å². The maximum absolute atomic E-state index is 11.3. The van der Waals surface area contributed by atoms with Crippen molar-refractivity contribution in [2.45, 2.75) is 18.2 Å². The highest BCUT2D eigenvalue weighted by molar-refractivity contribution is 9.10. The van der Waals surface area contributed by atoms with Crippen molar-refractivity contribution in [3.05, 3.63) is 28.7 Å². The number of benzene rings is 1. The van der Waals surface area contributed by atoms with Gasteiger partial charge in [0.1, 0.15) is 0 Å². The van der Waals surface area contributed by atoms with Crippen molar-refractivity contribution in [2.75, 3.05) is 5.75 Å². The average Bonchev–Trinajstić information content (AvgIpc) is 2.25. The standard InChI is InChI=1S/C12H11BrOS/c1-2-3-6-10(14)9-15-12-8-5-4-7-11(12)13/h4-5,7-8H,6,9H2,1H3. The number of rotatable bonds is 4. The van der Waals surface area contributed by atoms with Crippen LogP contribution in [0.25, 0.3) is 0 Å². The highest BCUT2D eigenvalue weighted by Gasteiger charge is 2.03. The zero-order valence-corrected chi connectivity index (χ0v) is 10.8. The Hall–Kier alpha value is -0.720. The number of ketones is 1. The summed E-state index contributed by atoms with van der Waals surface area (Å²) < 4.78 is 1.03. The molecule has 0 bridgehead atoms. The van der Waals surface area contributed by atoms with Crippen LogP contribution in [0.3, 0.4) is 0 Å². The Bertz CT molecular complexity index is 404. The summed E-state index contributed by atoms with van der Waals surface area (Å²) in [6, 6.07) is 7.88. The first-order valence-corrected chi connectivity index (χ1v) is 6.30.